The summed E-state index contributed by atoms with van der Waals surface area (Å²) >= 11 is 0. The van der Waals surface area contributed by atoms with Gasteiger partial charge in [0.25, 0.3) is 0 Å². The van der Waals surface area contributed by atoms with Crippen molar-refractivity contribution in [3.05, 3.63) is 18.2 Å². The molecule has 4 heteroatoms. The first-order valence-electron chi connectivity index (χ1n) is 5.39. The third-order valence-corrected chi connectivity index (χ3v) is 2.94. The first-order valence-corrected chi connectivity index (χ1v) is 5.39. The van der Waals surface area contributed by atoms with Crippen molar-refractivity contribution in [1.82, 2.24) is 15.0 Å². The average Bonchev–Trinajstić information content (AvgIpc) is 2.82. The molecule has 1 aliphatic rings. The third-order valence-electron chi connectivity index (χ3n) is 2.94. The first-order chi connectivity index (χ1) is 7.33. The molecule has 15 heavy (non-hydrogen) atoms. The summed E-state index contributed by atoms with van der Waals surface area (Å²) in [4.78, 5) is 4.03. The number of anilines is 1. The Hall–Kier alpha value is -1.58. The van der Waals surface area contributed by atoms with Crippen molar-refractivity contribution < 1.29 is 0 Å². The first kappa shape index (κ1) is 8.71. The molecule has 0 radical (unpaired) electrons. The van der Waals surface area contributed by atoms with E-state index in [1.54, 1.807) is 4.80 Å². The number of rotatable bonds is 1. The summed E-state index contributed by atoms with van der Waals surface area (Å²) in [5.74, 6) is 0. The van der Waals surface area contributed by atoms with Crippen LogP contribution in [0, 0.1) is 0 Å². The van der Waals surface area contributed by atoms with Gasteiger partial charge in [-0.1, -0.05) is 0 Å². The Morgan fingerprint density at radius 2 is 1.80 bits per heavy atom. The summed E-state index contributed by atoms with van der Waals surface area (Å²) in [5, 5.41) is 8.59. The van der Waals surface area contributed by atoms with Gasteiger partial charge >= 0.3 is 0 Å². The molecule has 78 valence electrons. The molecule has 2 heterocycles. The van der Waals surface area contributed by atoms with E-state index in [4.69, 9.17) is 0 Å². The van der Waals surface area contributed by atoms with Gasteiger partial charge in [0.15, 0.2) is 0 Å². The number of aromatic nitrogens is 3. The van der Waals surface area contributed by atoms with E-state index in [-0.39, 0.29) is 0 Å². The van der Waals surface area contributed by atoms with Crippen molar-refractivity contribution in [2.45, 2.75) is 12.8 Å². The van der Waals surface area contributed by atoms with Gasteiger partial charge in [0, 0.05) is 25.8 Å². The van der Waals surface area contributed by atoms with E-state index in [0.717, 1.165) is 11.0 Å². The summed E-state index contributed by atoms with van der Waals surface area (Å²) in [6.45, 7) is 2.34. The van der Waals surface area contributed by atoms with Gasteiger partial charge in [0.2, 0.25) is 0 Å². The normalized spacial score (nSPS) is 16.5. The Morgan fingerprint density at radius 1 is 1.07 bits per heavy atom. The molecule has 0 N–H and O–H groups in total. The van der Waals surface area contributed by atoms with Crippen molar-refractivity contribution >= 4 is 16.7 Å². The lowest BCUT2D eigenvalue weighted by atomic mass is 10.2. The fourth-order valence-electron chi connectivity index (χ4n) is 2.18. The predicted octanol–water partition coefficient (Wildman–Crippen LogP) is 1.57. The van der Waals surface area contributed by atoms with E-state index in [9.17, 15) is 0 Å². The molecule has 4 nitrogen and oxygen atoms in total. The maximum atomic E-state index is 4.32. The van der Waals surface area contributed by atoms with Crippen LogP contribution in [-0.4, -0.2) is 28.1 Å². The molecule has 2 aromatic rings. The number of fused-ring (bicyclic) bond motifs is 1. The van der Waals surface area contributed by atoms with Crippen LogP contribution in [-0.2, 0) is 7.05 Å². The lowest BCUT2D eigenvalue weighted by Gasteiger charge is -2.16. The maximum absolute atomic E-state index is 4.32. The largest absolute Gasteiger partial charge is 0.371 e. The minimum Gasteiger partial charge on any atom is -0.371 e. The Morgan fingerprint density at radius 3 is 2.60 bits per heavy atom. The van der Waals surface area contributed by atoms with Gasteiger partial charge in [-0.15, -0.1) is 0 Å². The summed E-state index contributed by atoms with van der Waals surface area (Å²) < 4.78 is 0. The molecule has 0 atom stereocenters. The van der Waals surface area contributed by atoms with E-state index in [0.29, 0.717) is 0 Å². The van der Waals surface area contributed by atoms with Crippen molar-refractivity contribution in [2.75, 3.05) is 18.0 Å². The van der Waals surface area contributed by atoms with Gasteiger partial charge in [-0.05, 0) is 31.0 Å². The topological polar surface area (TPSA) is 34.0 Å². The van der Waals surface area contributed by atoms with Gasteiger partial charge in [-0.25, -0.2) is 0 Å². The Bertz CT molecular complexity index is 482. The zero-order valence-corrected chi connectivity index (χ0v) is 8.85. The zero-order chi connectivity index (χ0) is 10.3. The van der Waals surface area contributed by atoms with Gasteiger partial charge in [0.05, 0.1) is 0 Å². The highest BCUT2D eigenvalue weighted by molar-refractivity contribution is 5.78. The molecule has 1 aromatic heterocycles. The molecular formula is C11H14N4. The molecule has 1 aromatic carbocycles. The molecule has 0 amide bonds. The highest BCUT2D eigenvalue weighted by atomic mass is 15.4. The molecule has 1 saturated heterocycles. The van der Waals surface area contributed by atoms with Crippen molar-refractivity contribution in [3.63, 3.8) is 0 Å². The Kier molecular flexibility index (Phi) is 1.87. The fourth-order valence-corrected chi connectivity index (χ4v) is 2.18. The van der Waals surface area contributed by atoms with Crippen molar-refractivity contribution in [2.24, 2.45) is 7.05 Å². The van der Waals surface area contributed by atoms with Gasteiger partial charge in [0.1, 0.15) is 11.0 Å². The van der Waals surface area contributed by atoms with Crippen molar-refractivity contribution in [3.8, 4) is 0 Å². The molecule has 0 bridgehead atoms. The SMILES string of the molecule is Cn1nc2ccc(N3CCCC3)cc2n1. The van der Waals surface area contributed by atoms with E-state index in [1.807, 2.05) is 7.05 Å². The van der Waals surface area contributed by atoms with Crippen LogP contribution < -0.4 is 4.90 Å². The van der Waals surface area contributed by atoms with E-state index in [2.05, 4.69) is 33.3 Å². The number of hydrogen-bond donors (Lipinski definition) is 0. The zero-order valence-electron chi connectivity index (χ0n) is 8.85. The standard InChI is InChI=1S/C11H14N4/c1-14-12-10-5-4-9(8-11(10)13-14)15-6-2-3-7-15/h4-5,8H,2-3,6-7H2,1H3. The number of benzene rings is 1. The van der Waals surface area contributed by atoms with E-state index in [1.165, 1.54) is 31.6 Å². The van der Waals surface area contributed by atoms with Crippen LogP contribution in [0.4, 0.5) is 5.69 Å². The molecule has 0 aliphatic carbocycles. The molecule has 0 unspecified atom stereocenters. The monoisotopic (exact) mass is 202 g/mol. The minimum atomic E-state index is 0.973. The molecule has 1 fully saturated rings. The number of hydrogen-bond acceptors (Lipinski definition) is 3. The van der Waals surface area contributed by atoms with Crippen LogP contribution in [0.5, 0.6) is 0 Å². The number of aryl methyl sites for hydroxylation is 1. The van der Waals surface area contributed by atoms with Crippen LogP contribution in [0.25, 0.3) is 11.0 Å². The highest BCUT2D eigenvalue weighted by Crippen LogP contribution is 2.23. The van der Waals surface area contributed by atoms with Gasteiger partial charge in [-0.2, -0.15) is 15.0 Å². The van der Waals surface area contributed by atoms with Crippen molar-refractivity contribution in [1.29, 1.82) is 0 Å². The smallest absolute Gasteiger partial charge is 0.115 e. The molecule has 0 spiro atoms. The quantitative estimate of drug-likeness (QED) is 0.704. The molecule has 1 aliphatic heterocycles. The average molecular weight is 202 g/mol. The highest BCUT2D eigenvalue weighted by Gasteiger charge is 2.13. The summed E-state index contributed by atoms with van der Waals surface area (Å²) in [6, 6.07) is 6.33. The van der Waals surface area contributed by atoms with E-state index < -0.39 is 0 Å². The molecule has 3 rings (SSSR count). The van der Waals surface area contributed by atoms with Crippen LogP contribution >= 0.6 is 0 Å². The maximum Gasteiger partial charge on any atom is 0.115 e. The summed E-state index contributed by atoms with van der Waals surface area (Å²) in [5.41, 5.74) is 3.24. The summed E-state index contributed by atoms with van der Waals surface area (Å²) in [6.07, 6.45) is 2.61. The van der Waals surface area contributed by atoms with E-state index >= 15 is 0 Å². The van der Waals surface area contributed by atoms with Crippen LogP contribution in [0.15, 0.2) is 18.2 Å². The van der Waals surface area contributed by atoms with Crippen LogP contribution in [0.3, 0.4) is 0 Å². The second-order valence-corrected chi connectivity index (χ2v) is 4.06. The predicted molar refractivity (Wildman–Crippen MR) is 60.0 cm³/mol. The fraction of sp³-hybridized carbons (Fsp3) is 0.455. The van der Waals surface area contributed by atoms with Gasteiger partial charge < -0.3 is 4.90 Å². The lowest BCUT2D eigenvalue weighted by molar-refractivity contribution is 0.665. The van der Waals surface area contributed by atoms with Crippen LogP contribution in [0.2, 0.25) is 0 Å². The third kappa shape index (κ3) is 1.46. The lowest BCUT2D eigenvalue weighted by Crippen LogP contribution is -2.17. The second-order valence-electron chi connectivity index (χ2n) is 4.06. The Balaban J connectivity index is 2.04. The van der Waals surface area contributed by atoms with Crippen LogP contribution in [0.1, 0.15) is 12.8 Å². The minimum absolute atomic E-state index is 0.973. The molecule has 0 saturated carbocycles. The molecular weight excluding hydrogens is 188 g/mol. The Labute approximate surface area is 88.5 Å². The summed E-state index contributed by atoms with van der Waals surface area (Å²) in [7, 11) is 1.86. The van der Waals surface area contributed by atoms with Gasteiger partial charge in [-0.3, -0.25) is 0 Å². The number of nitrogens with zero attached hydrogens (tertiary/aromatic N) is 4. The second kappa shape index (κ2) is 3.22.